The van der Waals surface area contributed by atoms with Crippen molar-refractivity contribution in [1.82, 2.24) is 0 Å². The summed E-state index contributed by atoms with van der Waals surface area (Å²) in [6, 6.07) is 16.5. The number of halogens is 1. The van der Waals surface area contributed by atoms with Crippen molar-refractivity contribution in [2.45, 2.75) is 38.9 Å². The summed E-state index contributed by atoms with van der Waals surface area (Å²) in [7, 11) is 0. The van der Waals surface area contributed by atoms with E-state index >= 15 is 0 Å². The highest BCUT2D eigenvalue weighted by Crippen LogP contribution is 2.36. The Kier molecular flexibility index (Phi) is 11.9. The number of hydrogen-bond donors (Lipinski definition) is 1. The van der Waals surface area contributed by atoms with Crippen molar-refractivity contribution in [3.8, 4) is 0 Å². The summed E-state index contributed by atoms with van der Waals surface area (Å²) in [6.07, 6.45) is 2.34. The van der Waals surface area contributed by atoms with Gasteiger partial charge < -0.3 is 19.3 Å². The van der Waals surface area contributed by atoms with Crippen LogP contribution in [0, 0.1) is 0 Å². The molecule has 2 unspecified atom stereocenters. The number of ether oxygens (including phenoxy) is 3. The number of esters is 1. The molecule has 6 nitrogen and oxygen atoms in total. The summed E-state index contributed by atoms with van der Waals surface area (Å²) in [5.74, 6) is -0.359. The number of aliphatic hydroxyl groups is 1. The van der Waals surface area contributed by atoms with Gasteiger partial charge in [-0.1, -0.05) is 61.7 Å². The molecule has 0 aromatic heterocycles. The molecule has 1 N–H and O–H groups in total. The molecule has 7 heteroatoms. The van der Waals surface area contributed by atoms with Crippen molar-refractivity contribution in [2.24, 2.45) is 0 Å². The fourth-order valence-corrected chi connectivity index (χ4v) is 3.37. The Morgan fingerprint density at radius 2 is 1.31 bits per heavy atom. The van der Waals surface area contributed by atoms with Crippen molar-refractivity contribution < 1.29 is 28.9 Å². The first kappa shape index (κ1) is 28.5. The Hall–Kier alpha value is -2.77. The minimum Gasteiger partial charge on any atom is -0.460 e. The van der Waals surface area contributed by atoms with Crippen LogP contribution in [0.1, 0.15) is 48.3 Å². The number of benzene rings is 2. The molecule has 188 valence electrons. The van der Waals surface area contributed by atoms with Gasteiger partial charge in [0.1, 0.15) is 6.61 Å². The number of rotatable bonds is 9. The van der Waals surface area contributed by atoms with Crippen molar-refractivity contribution >= 4 is 22.8 Å². The third kappa shape index (κ3) is 9.07. The highest BCUT2D eigenvalue weighted by Gasteiger charge is 2.26. The second kappa shape index (κ2) is 14.6. The minimum absolute atomic E-state index is 0.110. The lowest BCUT2D eigenvalue weighted by Crippen LogP contribution is -2.22. The average molecular weight is 501 g/mol. The predicted octanol–water partition coefficient (Wildman–Crippen LogP) is 5.04. The summed E-state index contributed by atoms with van der Waals surface area (Å²) in [5.41, 5.74) is 6.05. The first-order chi connectivity index (χ1) is 16.7. The lowest BCUT2D eigenvalue weighted by atomic mass is 9.85. The summed E-state index contributed by atoms with van der Waals surface area (Å²) < 4.78 is 16.0. The van der Waals surface area contributed by atoms with Crippen molar-refractivity contribution in [2.75, 3.05) is 26.4 Å². The number of aliphatic hydroxyl groups excluding tert-OH is 1. The fraction of sp³-hybridized carbons (Fsp3) is 0.357. The number of hydrogen-bond acceptors (Lipinski definition) is 6. The highest BCUT2D eigenvalue weighted by atomic mass is 35.5. The van der Waals surface area contributed by atoms with E-state index in [9.17, 15) is 9.59 Å². The van der Waals surface area contributed by atoms with E-state index in [0.717, 1.165) is 12.8 Å². The van der Waals surface area contributed by atoms with Crippen molar-refractivity contribution in [1.29, 1.82) is 0 Å². The second-order valence-electron chi connectivity index (χ2n) is 8.22. The molecule has 0 radical (unpaired) electrons. The molecule has 35 heavy (non-hydrogen) atoms. The van der Waals surface area contributed by atoms with Gasteiger partial charge in [0.2, 0.25) is 5.24 Å². The van der Waals surface area contributed by atoms with Crippen LogP contribution in [0.2, 0.25) is 0 Å². The molecule has 2 aromatic rings. The summed E-state index contributed by atoms with van der Waals surface area (Å²) in [4.78, 5) is 20.9. The maximum atomic E-state index is 11.1. The lowest BCUT2D eigenvalue weighted by molar-refractivity contribution is -0.141. The van der Waals surface area contributed by atoms with Gasteiger partial charge in [0.25, 0.3) is 0 Å². The average Bonchev–Trinajstić information content (AvgIpc) is 2.80. The van der Waals surface area contributed by atoms with Gasteiger partial charge in [-0.25, -0.2) is 4.79 Å². The molecule has 0 heterocycles. The number of allylic oxidation sites excluding steroid dienone is 1. The zero-order chi connectivity index (χ0) is 25.8. The molecule has 0 fully saturated rings. The zero-order valence-corrected chi connectivity index (χ0v) is 21.1. The lowest BCUT2D eigenvalue weighted by Gasteiger charge is -2.29. The molecule has 0 aliphatic heterocycles. The van der Waals surface area contributed by atoms with Crippen LogP contribution in [-0.2, 0) is 36.6 Å². The van der Waals surface area contributed by atoms with E-state index < -0.39 is 5.24 Å². The molecule has 2 atom stereocenters. The highest BCUT2D eigenvalue weighted by molar-refractivity contribution is 6.67. The van der Waals surface area contributed by atoms with E-state index in [0.29, 0.717) is 24.4 Å². The molecule has 0 bridgehead atoms. The zero-order valence-electron chi connectivity index (χ0n) is 20.3. The Labute approximate surface area is 212 Å². The van der Waals surface area contributed by atoms with Gasteiger partial charge in [-0.2, -0.15) is 0 Å². The predicted molar refractivity (Wildman–Crippen MR) is 136 cm³/mol. The van der Waals surface area contributed by atoms with Crippen LogP contribution in [-0.4, -0.2) is 42.7 Å². The molecule has 0 saturated carbocycles. The number of fused-ring (bicyclic) bond motifs is 2. The normalized spacial score (nSPS) is 16.3. The van der Waals surface area contributed by atoms with E-state index in [4.69, 9.17) is 30.9 Å². The number of carbonyl (C=O) groups excluding carboxylic acids is 2. The SMILES string of the molecule is C=C(C)C(=O)Cl.C=C(C)C(=O)OCCOC1Cc2ccccc21.OCCOC1Cc2ccccc21. The van der Waals surface area contributed by atoms with E-state index in [-0.39, 0.29) is 31.4 Å². The van der Waals surface area contributed by atoms with Gasteiger partial charge in [-0.15, -0.1) is 0 Å². The molecule has 2 aliphatic carbocycles. The molecule has 4 rings (SSSR count). The van der Waals surface area contributed by atoms with Crippen molar-refractivity contribution in [3.63, 3.8) is 0 Å². The smallest absolute Gasteiger partial charge is 0.333 e. The Bertz CT molecular complexity index is 1020. The first-order valence-electron chi connectivity index (χ1n) is 11.4. The first-order valence-corrected chi connectivity index (χ1v) is 11.8. The fourth-order valence-electron chi connectivity index (χ4n) is 3.37. The van der Waals surface area contributed by atoms with Crippen molar-refractivity contribution in [3.05, 3.63) is 95.1 Å². The third-order valence-corrected chi connectivity index (χ3v) is 5.67. The Morgan fingerprint density at radius 1 is 0.857 bits per heavy atom. The Balaban J connectivity index is 0.000000209. The van der Waals surface area contributed by atoms with E-state index in [1.807, 2.05) is 24.3 Å². The maximum absolute atomic E-state index is 11.1. The van der Waals surface area contributed by atoms with Gasteiger partial charge in [-0.3, -0.25) is 4.79 Å². The van der Waals surface area contributed by atoms with Crippen LogP contribution in [0.5, 0.6) is 0 Å². The maximum Gasteiger partial charge on any atom is 0.333 e. The van der Waals surface area contributed by atoms with Crippen LogP contribution in [0.25, 0.3) is 0 Å². The topological polar surface area (TPSA) is 82.1 Å². The molecule has 0 amide bonds. The second-order valence-corrected chi connectivity index (χ2v) is 8.56. The standard InChI is InChI=1S/C14H16O3.C10H12O2.C4H5ClO/c1-10(2)14(15)17-8-7-16-13-9-11-5-3-4-6-12(11)13;11-5-6-12-10-7-8-3-1-2-4-9(8)10;1-3(2)4(5)6/h3-6,13H,1,7-9H2,2H3;1-4,10-11H,5-7H2;1H2,2H3. The Morgan fingerprint density at radius 3 is 1.71 bits per heavy atom. The van der Waals surface area contributed by atoms with Crippen LogP contribution < -0.4 is 0 Å². The van der Waals surface area contributed by atoms with Crippen LogP contribution >= 0.6 is 11.6 Å². The molecule has 2 aliphatic rings. The van der Waals surface area contributed by atoms with Crippen LogP contribution in [0.15, 0.2) is 72.8 Å². The molecule has 0 spiro atoms. The summed E-state index contributed by atoms with van der Waals surface area (Å²) >= 11 is 4.87. The minimum atomic E-state index is -0.463. The van der Waals surface area contributed by atoms with E-state index in [1.165, 1.54) is 22.3 Å². The quantitative estimate of drug-likeness (QED) is 0.225. The van der Waals surface area contributed by atoms with E-state index in [2.05, 4.69) is 37.4 Å². The van der Waals surface area contributed by atoms with Gasteiger partial charge in [0.05, 0.1) is 32.0 Å². The largest absolute Gasteiger partial charge is 0.460 e. The van der Waals surface area contributed by atoms with E-state index in [1.54, 1.807) is 13.8 Å². The molecular weight excluding hydrogens is 468 g/mol. The van der Waals surface area contributed by atoms with Gasteiger partial charge in [0, 0.05) is 24.0 Å². The van der Waals surface area contributed by atoms with Gasteiger partial charge in [0.15, 0.2) is 0 Å². The molecule has 0 saturated heterocycles. The summed E-state index contributed by atoms with van der Waals surface area (Å²) in [5, 5.41) is 8.09. The molecular formula is C28H33ClO6. The third-order valence-electron chi connectivity index (χ3n) is 5.34. The van der Waals surface area contributed by atoms with Gasteiger partial charge in [-0.05, 0) is 47.7 Å². The molecule has 2 aromatic carbocycles. The van der Waals surface area contributed by atoms with Gasteiger partial charge >= 0.3 is 5.97 Å². The monoisotopic (exact) mass is 500 g/mol. The van der Waals surface area contributed by atoms with Crippen LogP contribution in [0.4, 0.5) is 0 Å². The van der Waals surface area contributed by atoms with Crippen LogP contribution in [0.3, 0.4) is 0 Å². The number of carbonyl (C=O) groups is 2. The summed E-state index contributed by atoms with van der Waals surface area (Å²) in [6.45, 7) is 11.2.